The van der Waals surface area contributed by atoms with Gasteiger partial charge in [-0.15, -0.1) is 0 Å². The smallest absolute Gasteiger partial charge is 0.387 e. The van der Waals surface area contributed by atoms with Gasteiger partial charge in [-0.1, -0.05) is 12.1 Å². The number of guanidine groups is 1. The van der Waals surface area contributed by atoms with Gasteiger partial charge in [0, 0.05) is 18.7 Å². The van der Waals surface area contributed by atoms with Crippen molar-refractivity contribution in [2.24, 2.45) is 4.99 Å². The average molecular weight is 369 g/mol. The van der Waals surface area contributed by atoms with Crippen LogP contribution in [0.1, 0.15) is 18.1 Å². The molecule has 0 heterocycles. The lowest BCUT2D eigenvalue weighted by Crippen LogP contribution is -2.37. The van der Waals surface area contributed by atoms with Crippen LogP contribution in [0.3, 0.4) is 0 Å². The second-order valence-corrected chi connectivity index (χ2v) is 5.31. The van der Waals surface area contributed by atoms with Crippen molar-refractivity contribution in [3.63, 3.8) is 0 Å². The lowest BCUT2D eigenvalue weighted by atomic mass is 10.2. The highest BCUT2D eigenvalue weighted by molar-refractivity contribution is 5.79. The molecule has 2 aromatic rings. The van der Waals surface area contributed by atoms with E-state index in [4.69, 9.17) is 0 Å². The molecule has 0 saturated heterocycles. The van der Waals surface area contributed by atoms with E-state index < -0.39 is 18.2 Å². The van der Waals surface area contributed by atoms with Crippen molar-refractivity contribution in [2.75, 3.05) is 6.54 Å². The predicted molar refractivity (Wildman–Crippen MR) is 91.1 cm³/mol. The van der Waals surface area contributed by atoms with Gasteiger partial charge in [-0.25, -0.2) is 13.8 Å². The monoisotopic (exact) mass is 369 g/mol. The maximum atomic E-state index is 13.7. The fourth-order valence-corrected chi connectivity index (χ4v) is 2.19. The van der Waals surface area contributed by atoms with Crippen LogP contribution in [0.15, 0.2) is 47.5 Å². The normalized spacial score (nSPS) is 11.5. The van der Waals surface area contributed by atoms with Crippen LogP contribution in [0.4, 0.5) is 17.6 Å². The fraction of sp³-hybridized carbons (Fsp3) is 0.278. The molecule has 2 rings (SSSR count). The predicted octanol–water partition coefficient (Wildman–Crippen LogP) is 3.82. The van der Waals surface area contributed by atoms with Gasteiger partial charge in [-0.2, -0.15) is 8.78 Å². The zero-order valence-electron chi connectivity index (χ0n) is 14.1. The first-order valence-corrected chi connectivity index (χ1v) is 7.97. The zero-order chi connectivity index (χ0) is 18.9. The van der Waals surface area contributed by atoms with E-state index in [0.29, 0.717) is 18.1 Å². The number of aliphatic imine (C=N–C) groups is 1. The van der Waals surface area contributed by atoms with Crippen LogP contribution in [0.2, 0.25) is 0 Å². The molecule has 26 heavy (non-hydrogen) atoms. The Bertz CT molecular complexity index is 753. The molecule has 0 fully saturated rings. The number of rotatable bonds is 7. The van der Waals surface area contributed by atoms with Gasteiger partial charge in [0.1, 0.15) is 17.4 Å². The first-order chi connectivity index (χ1) is 12.5. The number of hydrogen-bond donors (Lipinski definition) is 2. The largest absolute Gasteiger partial charge is 0.435 e. The summed E-state index contributed by atoms with van der Waals surface area (Å²) in [6.07, 6.45) is 0. The van der Waals surface area contributed by atoms with Crippen molar-refractivity contribution in [3.8, 4) is 5.75 Å². The van der Waals surface area contributed by atoms with Gasteiger partial charge in [0.15, 0.2) is 5.96 Å². The van der Waals surface area contributed by atoms with E-state index >= 15 is 0 Å². The lowest BCUT2D eigenvalue weighted by Gasteiger charge is -2.12. The molecular formula is C18H19F4N3O. The number of alkyl halides is 2. The molecule has 0 aliphatic carbocycles. The van der Waals surface area contributed by atoms with Crippen LogP contribution < -0.4 is 15.4 Å². The summed E-state index contributed by atoms with van der Waals surface area (Å²) in [4.78, 5) is 4.31. The van der Waals surface area contributed by atoms with Crippen molar-refractivity contribution in [2.45, 2.75) is 26.6 Å². The molecule has 0 spiro atoms. The van der Waals surface area contributed by atoms with Gasteiger partial charge in [-0.3, -0.25) is 0 Å². The fourth-order valence-electron chi connectivity index (χ4n) is 2.19. The molecule has 4 nitrogen and oxygen atoms in total. The van der Waals surface area contributed by atoms with E-state index in [1.807, 2.05) is 6.92 Å². The second kappa shape index (κ2) is 9.65. The first-order valence-electron chi connectivity index (χ1n) is 7.97. The Kier molecular flexibility index (Phi) is 7.25. The average Bonchev–Trinajstić information content (AvgIpc) is 2.60. The summed E-state index contributed by atoms with van der Waals surface area (Å²) in [7, 11) is 0. The van der Waals surface area contributed by atoms with Crippen LogP contribution in [0.5, 0.6) is 5.75 Å². The summed E-state index contributed by atoms with van der Waals surface area (Å²) in [6.45, 7) is -0.233. The lowest BCUT2D eigenvalue weighted by molar-refractivity contribution is -0.0498. The molecule has 0 amide bonds. The molecule has 0 aliphatic rings. The van der Waals surface area contributed by atoms with Crippen LogP contribution in [-0.2, 0) is 13.1 Å². The molecule has 0 aliphatic heterocycles. The molecule has 0 bridgehead atoms. The maximum absolute atomic E-state index is 13.7. The van der Waals surface area contributed by atoms with E-state index in [1.54, 1.807) is 12.1 Å². The van der Waals surface area contributed by atoms with Gasteiger partial charge >= 0.3 is 6.61 Å². The summed E-state index contributed by atoms with van der Waals surface area (Å²) in [5, 5.41) is 5.88. The Morgan fingerprint density at radius 3 is 2.65 bits per heavy atom. The SMILES string of the molecule is CCNC(=NCc1cccc(OC(F)F)c1)NCc1cc(F)ccc1F. The summed E-state index contributed by atoms with van der Waals surface area (Å²) in [5.74, 6) is -0.614. The summed E-state index contributed by atoms with van der Waals surface area (Å²) >= 11 is 0. The van der Waals surface area contributed by atoms with Crippen LogP contribution in [0, 0.1) is 11.6 Å². The van der Waals surface area contributed by atoms with Gasteiger partial charge in [-0.05, 0) is 42.8 Å². The summed E-state index contributed by atoms with van der Waals surface area (Å²) in [6, 6.07) is 9.41. The van der Waals surface area contributed by atoms with Crippen LogP contribution in [0.25, 0.3) is 0 Å². The Labute approximate surface area is 148 Å². The zero-order valence-corrected chi connectivity index (χ0v) is 14.1. The third-order valence-corrected chi connectivity index (χ3v) is 3.34. The van der Waals surface area contributed by atoms with Gasteiger partial charge in [0.2, 0.25) is 0 Å². The van der Waals surface area contributed by atoms with Gasteiger partial charge < -0.3 is 15.4 Å². The van der Waals surface area contributed by atoms with Crippen LogP contribution >= 0.6 is 0 Å². The highest BCUT2D eigenvalue weighted by atomic mass is 19.3. The highest BCUT2D eigenvalue weighted by Gasteiger charge is 2.07. The minimum absolute atomic E-state index is 0.0456. The molecule has 2 N–H and O–H groups in total. The number of nitrogens with one attached hydrogen (secondary N) is 2. The number of benzene rings is 2. The minimum atomic E-state index is -2.89. The van der Waals surface area contributed by atoms with Crippen molar-refractivity contribution < 1.29 is 22.3 Å². The van der Waals surface area contributed by atoms with E-state index in [0.717, 1.165) is 18.2 Å². The van der Waals surface area contributed by atoms with Crippen molar-refractivity contribution in [1.29, 1.82) is 0 Å². The molecule has 0 unspecified atom stereocenters. The topological polar surface area (TPSA) is 45.7 Å². The molecular weight excluding hydrogens is 350 g/mol. The van der Waals surface area contributed by atoms with Gasteiger partial charge in [0.05, 0.1) is 6.54 Å². The molecule has 140 valence electrons. The van der Waals surface area contributed by atoms with E-state index in [-0.39, 0.29) is 24.4 Å². The molecule has 0 saturated carbocycles. The second-order valence-electron chi connectivity index (χ2n) is 5.31. The van der Waals surface area contributed by atoms with Crippen molar-refractivity contribution >= 4 is 5.96 Å². The summed E-state index contributed by atoms with van der Waals surface area (Å²) in [5.41, 5.74) is 0.834. The Hall–Kier alpha value is -2.77. The Morgan fingerprint density at radius 2 is 1.92 bits per heavy atom. The highest BCUT2D eigenvalue weighted by Crippen LogP contribution is 2.16. The molecule has 2 aromatic carbocycles. The van der Waals surface area contributed by atoms with Crippen molar-refractivity contribution in [1.82, 2.24) is 10.6 Å². The van der Waals surface area contributed by atoms with Crippen LogP contribution in [-0.4, -0.2) is 19.1 Å². The Morgan fingerprint density at radius 1 is 1.12 bits per heavy atom. The van der Waals surface area contributed by atoms with E-state index in [2.05, 4.69) is 20.4 Å². The van der Waals surface area contributed by atoms with Crippen molar-refractivity contribution in [3.05, 3.63) is 65.2 Å². The molecule has 0 aromatic heterocycles. The third-order valence-electron chi connectivity index (χ3n) is 3.34. The number of hydrogen-bond acceptors (Lipinski definition) is 2. The Balaban J connectivity index is 2.03. The quantitative estimate of drug-likeness (QED) is 0.443. The number of halogens is 4. The standard InChI is InChI=1S/C18H19F4N3O/c1-2-23-18(25-11-13-9-14(19)6-7-16(13)20)24-10-12-4-3-5-15(8-12)26-17(21)22/h3-9,17H,2,10-11H2,1H3,(H2,23,24,25). The third kappa shape index (κ3) is 6.27. The minimum Gasteiger partial charge on any atom is -0.435 e. The molecule has 0 atom stereocenters. The number of ether oxygens (including phenoxy) is 1. The van der Waals surface area contributed by atoms with Gasteiger partial charge in [0.25, 0.3) is 0 Å². The number of nitrogens with zero attached hydrogens (tertiary/aromatic N) is 1. The molecule has 0 radical (unpaired) electrons. The maximum Gasteiger partial charge on any atom is 0.387 e. The van der Waals surface area contributed by atoms with E-state index in [1.165, 1.54) is 12.1 Å². The first kappa shape index (κ1) is 19.6. The molecule has 8 heteroatoms. The summed E-state index contributed by atoms with van der Waals surface area (Å²) < 4.78 is 55.7. The van der Waals surface area contributed by atoms with E-state index in [9.17, 15) is 17.6 Å².